The summed E-state index contributed by atoms with van der Waals surface area (Å²) < 4.78 is 0. The largest absolute Gasteiger partial charge is 0.338 e. The highest BCUT2D eigenvalue weighted by Crippen LogP contribution is 2.29. The number of benzene rings is 1. The minimum atomic E-state index is -0.0221. The molecule has 104 valence electrons. The molecule has 0 atom stereocenters. The summed E-state index contributed by atoms with van der Waals surface area (Å²) in [6.07, 6.45) is 3.10. The average molecular weight is 300 g/mol. The summed E-state index contributed by atoms with van der Waals surface area (Å²) in [4.78, 5) is 26.1. The molecule has 0 unspecified atom stereocenters. The summed E-state index contributed by atoms with van der Waals surface area (Å²) in [6, 6.07) is 9.06. The van der Waals surface area contributed by atoms with Gasteiger partial charge in [0, 0.05) is 16.8 Å². The third-order valence-corrected chi connectivity index (χ3v) is 3.17. The Morgan fingerprint density at radius 1 is 1.19 bits per heavy atom. The van der Waals surface area contributed by atoms with E-state index >= 15 is 0 Å². The van der Waals surface area contributed by atoms with Gasteiger partial charge in [-0.25, -0.2) is 15.0 Å². The van der Waals surface area contributed by atoms with Crippen LogP contribution < -0.4 is 0 Å². The van der Waals surface area contributed by atoms with E-state index in [1.165, 1.54) is 6.33 Å². The first kappa shape index (κ1) is 13.4. The molecule has 0 radical (unpaired) electrons. The highest BCUT2D eigenvalue weighted by atomic mass is 35.5. The Bertz CT molecular complexity index is 755. The summed E-state index contributed by atoms with van der Waals surface area (Å²) in [5.41, 5.74) is 2.99. The Morgan fingerprint density at radius 2 is 2.00 bits per heavy atom. The van der Waals surface area contributed by atoms with Crippen LogP contribution in [0.3, 0.4) is 0 Å². The molecule has 1 N–H and O–H groups in total. The van der Waals surface area contributed by atoms with Crippen molar-refractivity contribution in [3.05, 3.63) is 58.6 Å². The van der Waals surface area contributed by atoms with Gasteiger partial charge < -0.3 is 4.98 Å². The van der Waals surface area contributed by atoms with Gasteiger partial charge in [0.25, 0.3) is 0 Å². The average Bonchev–Trinajstić information content (AvgIpc) is 2.93. The van der Waals surface area contributed by atoms with Crippen LogP contribution in [0.25, 0.3) is 22.6 Å². The molecule has 0 aliphatic rings. The topological polar surface area (TPSA) is 83.9 Å². The van der Waals surface area contributed by atoms with Crippen LogP contribution in [0, 0.1) is 4.91 Å². The first-order valence-electron chi connectivity index (χ1n) is 6.18. The van der Waals surface area contributed by atoms with Crippen LogP contribution in [0.2, 0.25) is 5.02 Å². The van der Waals surface area contributed by atoms with Crippen LogP contribution in [0.5, 0.6) is 0 Å². The Kier molecular flexibility index (Phi) is 3.70. The molecule has 6 nitrogen and oxygen atoms in total. The van der Waals surface area contributed by atoms with E-state index in [1.54, 1.807) is 24.4 Å². The van der Waals surface area contributed by atoms with Gasteiger partial charge in [-0.05, 0) is 18.2 Å². The van der Waals surface area contributed by atoms with Crippen molar-refractivity contribution in [2.75, 3.05) is 0 Å². The third kappa shape index (κ3) is 2.80. The number of nitroso groups, excluding NO2 is 1. The van der Waals surface area contributed by atoms with Crippen molar-refractivity contribution in [2.24, 2.45) is 5.18 Å². The quantitative estimate of drug-likeness (QED) is 0.748. The van der Waals surface area contributed by atoms with Crippen LogP contribution in [0.4, 0.5) is 0 Å². The molecule has 0 aliphatic carbocycles. The fourth-order valence-corrected chi connectivity index (χ4v) is 2.12. The second-order valence-corrected chi connectivity index (χ2v) is 4.73. The Balaban J connectivity index is 2.14. The Hall–Kier alpha value is -2.60. The number of imidazole rings is 1. The summed E-state index contributed by atoms with van der Waals surface area (Å²) in [5.74, 6) is 0.489. The van der Waals surface area contributed by atoms with E-state index in [-0.39, 0.29) is 6.54 Å². The van der Waals surface area contributed by atoms with Crippen molar-refractivity contribution in [1.82, 2.24) is 19.9 Å². The summed E-state index contributed by atoms with van der Waals surface area (Å²) in [5, 5.41) is 3.51. The van der Waals surface area contributed by atoms with Crippen molar-refractivity contribution in [2.45, 2.75) is 6.54 Å². The number of hydrogen-bond acceptors (Lipinski definition) is 5. The fraction of sp³-hybridized carbons (Fsp3) is 0.0714. The molecule has 0 fully saturated rings. The van der Waals surface area contributed by atoms with Gasteiger partial charge in [0.1, 0.15) is 18.7 Å². The van der Waals surface area contributed by atoms with Crippen LogP contribution in [-0.2, 0) is 6.54 Å². The molecular weight excluding hydrogens is 290 g/mol. The molecule has 21 heavy (non-hydrogen) atoms. The fourth-order valence-electron chi connectivity index (χ4n) is 2.00. The van der Waals surface area contributed by atoms with Crippen molar-refractivity contribution >= 4 is 11.6 Å². The number of aromatic amines is 1. The van der Waals surface area contributed by atoms with Crippen LogP contribution in [-0.4, -0.2) is 19.9 Å². The van der Waals surface area contributed by atoms with E-state index in [4.69, 9.17) is 11.6 Å². The number of rotatable bonds is 4. The first-order chi connectivity index (χ1) is 10.3. The normalized spacial score (nSPS) is 10.5. The van der Waals surface area contributed by atoms with E-state index < -0.39 is 0 Å². The maximum absolute atomic E-state index is 10.5. The molecule has 2 aromatic heterocycles. The van der Waals surface area contributed by atoms with Crippen molar-refractivity contribution in [3.8, 4) is 22.6 Å². The minimum absolute atomic E-state index is 0.0221. The van der Waals surface area contributed by atoms with Crippen molar-refractivity contribution in [1.29, 1.82) is 0 Å². The lowest BCUT2D eigenvalue weighted by molar-refractivity contribution is 0.942. The predicted molar refractivity (Wildman–Crippen MR) is 79.6 cm³/mol. The van der Waals surface area contributed by atoms with Crippen LogP contribution in [0.1, 0.15) is 5.82 Å². The summed E-state index contributed by atoms with van der Waals surface area (Å²) >= 11 is 5.91. The molecule has 7 heteroatoms. The zero-order valence-electron chi connectivity index (χ0n) is 10.8. The summed E-state index contributed by atoms with van der Waals surface area (Å²) in [7, 11) is 0. The van der Waals surface area contributed by atoms with Crippen molar-refractivity contribution < 1.29 is 0 Å². The molecule has 2 heterocycles. The van der Waals surface area contributed by atoms with Gasteiger partial charge >= 0.3 is 0 Å². The number of H-pyrrole nitrogens is 1. The molecule has 0 amide bonds. The van der Waals surface area contributed by atoms with E-state index in [2.05, 4.69) is 25.1 Å². The van der Waals surface area contributed by atoms with Crippen molar-refractivity contribution in [3.63, 3.8) is 0 Å². The van der Waals surface area contributed by atoms with Gasteiger partial charge in [0.15, 0.2) is 0 Å². The lowest BCUT2D eigenvalue weighted by Crippen LogP contribution is -1.87. The van der Waals surface area contributed by atoms with E-state index in [9.17, 15) is 4.91 Å². The molecule has 0 aliphatic heterocycles. The third-order valence-electron chi connectivity index (χ3n) is 2.92. The maximum Gasteiger partial charge on any atom is 0.139 e. The number of hydrogen-bond donors (Lipinski definition) is 1. The molecule has 3 aromatic rings. The smallest absolute Gasteiger partial charge is 0.139 e. The molecular formula is C14H10ClN5O. The van der Waals surface area contributed by atoms with E-state index in [0.29, 0.717) is 22.2 Å². The number of nitrogens with one attached hydrogen (secondary N) is 1. The van der Waals surface area contributed by atoms with Gasteiger partial charge in [-0.1, -0.05) is 28.9 Å². The molecule has 0 saturated carbocycles. The highest BCUT2D eigenvalue weighted by molar-refractivity contribution is 6.30. The standard InChI is InChI=1S/C14H10ClN5O/c15-10-3-1-9(2-4-10)13-14(11-5-6-16-8-17-11)20-12(19-13)7-18-21/h1-6,8H,7H2,(H,19,20). The first-order valence-corrected chi connectivity index (χ1v) is 6.56. The molecule has 0 spiro atoms. The maximum atomic E-state index is 10.5. The lowest BCUT2D eigenvalue weighted by Gasteiger charge is -2.02. The van der Waals surface area contributed by atoms with Gasteiger partial charge in [0.2, 0.25) is 0 Å². The number of halogens is 1. The van der Waals surface area contributed by atoms with E-state index in [0.717, 1.165) is 11.3 Å². The number of nitrogens with zero attached hydrogens (tertiary/aromatic N) is 4. The van der Waals surface area contributed by atoms with Gasteiger partial charge in [-0.3, -0.25) is 0 Å². The number of aromatic nitrogens is 4. The highest BCUT2D eigenvalue weighted by Gasteiger charge is 2.15. The summed E-state index contributed by atoms with van der Waals surface area (Å²) in [6.45, 7) is -0.0221. The molecule has 0 bridgehead atoms. The monoisotopic (exact) mass is 299 g/mol. The Morgan fingerprint density at radius 3 is 2.67 bits per heavy atom. The zero-order chi connectivity index (χ0) is 14.7. The second kappa shape index (κ2) is 5.80. The SMILES string of the molecule is O=NCc1nc(-c2ccc(Cl)cc2)c(-c2ccncn2)[nH]1. The van der Waals surface area contributed by atoms with Crippen LogP contribution in [0.15, 0.2) is 48.0 Å². The van der Waals surface area contributed by atoms with Gasteiger partial charge in [-0.2, -0.15) is 4.91 Å². The second-order valence-electron chi connectivity index (χ2n) is 4.30. The van der Waals surface area contributed by atoms with Crippen LogP contribution >= 0.6 is 11.6 Å². The van der Waals surface area contributed by atoms with Gasteiger partial charge in [-0.15, -0.1) is 0 Å². The minimum Gasteiger partial charge on any atom is -0.338 e. The zero-order valence-corrected chi connectivity index (χ0v) is 11.6. The molecule has 0 saturated heterocycles. The predicted octanol–water partition coefficient (Wildman–Crippen LogP) is 3.45. The Labute approximate surface area is 125 Å². The molecule has 1 aromatic carbocycles. The lowest BCUT2D eigenvalue weighted by atomic mass is 10.1. The van der Waals surface area contributed by atoms with E-state index in [1.807, 2.05) is 12.1 Å². The van der Waals surface area contributed by atoms with Gasteiger partial charge in [0.05, 0.1) is 17.1 Å². The molecule has 3 rings (SSSR count).